The number of thiazole rings is 1. The van der Waals surface area contributed by atoms with Gasteiger partial charge >= 0.3 is 0 Å². The van der Waals surface area contributed by atoms with E-state index in [0.717, 1.165) is 5.69 Å². The second kappa shape index (κ2) is 7.11. The molecule has 0 atom stereocenters. The number of hydrogen-bond acceptors (Lipinski definition) is 5. The lowest BCUT2D eigenvalue weighted by Crippen LogP contribution is -2.13. The Bertz CT molecular complexity index is 685. The molecule has 0 unspecified atom stereocenters. The summed E-state index contributed by atoms with van der Waals surface area (Å²) < 4.78 is 11.1. The molecule has 0 spiro atoms. The Balaban J connectivity index is 2.29. The highest BCUT2D eigenvalue weighted by Crippen LogP contribution is 2.34. The first kappa shape index (κ1) is 16.8. The van der Waals surface area contributed by atoms with Crippen LogP contribution in [0.25, 0.3) is 0 Å². The summed E-state index contributed by atoms with van der Waals surface area (Å²) in [6.07, 6.45) is 0. The lowest BCUT2D eigenvalue weighted by molar-refractivity contribution is 0.102. The van der Waals surface area contributed by atoms with Gasteiger partial charge in [-0.1, -0.05) is 13.8 Å². The third-order valence-electron chi connectivity index (χ3n) is 3.04. The fourth-order valence-corrected chi connectivity index (χ4v) is 3.30. The highest BCUT2D eigenvalue weighted by Gasteiger charge is 2.18. The van der Waals surface area contributed by atoms with Gasteiger partial charge in [-0.2, -0.15) is 0 Å². The first-order valence-corrected chi connectivity index (χ1v) is 8.31. The van der Waals surface area contributed by atoms with Crippen LogP contribution in [0.2, 0.25) is 0 Å². The third kappa shape index (κ3) is 3.59. The number of carbonyl (C=O) groups excluding carboxylic acids is 1. The number of benzene rings is 1. The van der Waals surface area contributed by atoms with E-state index >= 15 is 0 Å². The first-order valence-electron chi connectivity index (χ1n) is 6.64. The summed E-state index contributed by atoms with van der Waals surface area (Å²) in [7, 11) is 3.06. The minimum atomic E-state index is -0.291. The topological polar surface area (TPSA) is 60.5 Å². The van der Waals surface area contributed by atoms with Crippen molar-refractivity contribution in [2.45, 2.75) is 19.8 Å². The van der Waals surface area contributed by atoms with Gasteiger partial charge in [-0.15, -0.1) is 11.3 Å². The van der Waals surface area contributed by atoms with E-state index < -0.39 is 0 Å². The molecule has 118 valence electrons. The normalized spacial score (nSPS) is 10.6. The number of methoxy groups -OCH3 is 2. The summed E-state index contributed by atoms with van der Waals surface area (Å²) in [5.74, 6) is 1.06. The molecule has 0 saturated heterocycles. The minimum Gasteiger partial charge on any atom is -0.497 e. The molecule has 1 amide bonds. The molecule has 1 N–H and O–H groups in total. The van der Waals surface area contributed by atoms with Crippen molar-refractivity contribution >= 4 is 38.3 Å². The molecular weight excluding hydrogens is 368 g/mol. The summed E-state index contributed by atoms with van der Waals surface area (Å²) >= 11 is 4.78. The molecule has 7 heteroatoms. The number of nitrogens with zero attached hydrogens (tertiary/aromatic N) is 1. The van der Waals surface area contributed by atoms with E-state index in [9.17, 15) is 4.79 Å². The quantitative estimate of drug-likeness (QED) is 0.834. The van der Waals surface area contributed by atoms with Crippen LogP contribution in [-0.2, 0) is 0 Å². The van der Waals surface area contributed by atoms with Gasteiger partial charge in [0.05, 0.1) is 29.9 Å². The van der Waals surface area contributed by atoms with Crippen LogP contribution in [0.4, 0.5) is 5.13 Å². The zero-order valence-electron chi connectivity index (χ0n) is 12.8. The number of hydrogen-bond donors (Lipinski definition) is 1. The monoisotopic (exact) mass is 384 g/mol. The van der Waals surface area contributed by atoms with Gasteiger partial charge in [-0.05, 0) is 34.0 Å². The van der Waals surface area contributed by atoms with Gasteiger partial charge in [0.1, 0.15) is 11.5 Å². The van der Waals surface area contributed by atoms with Gasteiger partial charge in [0, 0.05) is 5.38 Å². The molecule has 0 saturated carbocycles. The standard InChI is InChI=1S/C15H17BrN2O3S/c1-8(2)12-7-22-15(17-12)18-14(19)10-5-9(20-3)6-11(16)13(10)21-4/h5-8H,1-4H3,(H,17,18,19). The summed E-state index contributed by atoms with van der Waals surface area (Å²) in [6.45, 7) is 4.12. The summed E-state index contributed by atoms with van der Waals surface area (Å²) in [6, 6.07) is 3.38. The molecule has 0 radical (unpaired) electrons. The fourth-order valence-electron chi connectivity index (χ4n) is 1.84. The van der Waals surface area contributed by atoms with Crippen LogP contribution in [0, 0.1) is 0 Å². The Labute approximate surface area is 141 Å². The van der Waals surface area contributed by atoms with Crippen LogP contribution in [0.1, 0.15) is 35.8 Å². The van der Waals surface area contributed by atoms with Crippen molar-refractivity contribution in [2.24, 2.45) is 0 Å². The third-order valence-corrected chi connectivity index (χ3v) is 4.40. The van der Waals surface area contributed by atoms with E-state index in [-0.39, 0.29) is 5.91 Å². The van der Waals surface area contributed by atoms with E-state index in [1.165, 1.54) is 18.4 Å². The van der Waals surface area contributed by atoms with Crippen LogP contribution >= 0.6 is 27.3 Å². The van der Waals surface area contributed by atoms with Crippen molar-refractivity contribution in [3.63, 3.8) is 0 Å². The van der Waals surface area contributed by atoms with Crippen molar-refractivity contribution in [1.29, 1.82) is 0 Å². The van der Waals surface area contributed by atoms with Crippen molar-refractivity contribution < 1.29 is 14.3 Å². The molecule has 0 aliphatic heterocycles. The molecule has 1 heterocycles. The Kier molecular flexibility index (Phi) is 5.42. The summed E-state index contributed by atoms with van der Waals surface area (Å²) in [5, 5.41) is 5.31. The van der Waals surface area contributed by atoms with Crippen LogP contribution in [0.5, 0.6) is 11.5 Å². The molecular formula is C15H17BrN2O3S. The van der Waals surface area contributed by atoms with Gasteiger partial charge in [0.25, 0.3) is 5.91 Å². The molecule has 2 aromatic rings. The SMILES string of the molecule is COc1cc(Br)c(OC)c(C(=O)Nc2nc(C(C)C)cs2)c1. The zero-order chi connectivity index (χ0) is 16.3. The predicted molar refractivity (Wildman–Crippen MR) is 91.4 cm³/mol. The number of ether oxygens (including phenoxy) is 2. The van der Waals surface area contributed by atoms with Gasteiger partial charge < -0.3 is 9.47 Å². The molecule has 5 nitrogen and oxygen atoms in total. The maximum absolute atomic E-state index is 12.5. The largest absolute Gasteiger partial charge is 0.497 e. The Morgan fingerprint density at radius 1 is 1.32 bits per heavy atom. The number of rotatable bonds is 5. The number of carbonyl (C=O) groups is 1. The van der Waals surface area contributed by atoms with Crippen molar-refractivity contribution in [1.82, 2.24) is 4.98 Å². The van der Waals surface area contributed by atoms with Crippen LogP contribution in [0.3, 0.4) is 0 Å². The summed E-state index contributed by atoms with van der Waals surface area (Å²) in [4.78, 5) is 16.9. The molecule has 2 rings (SSSR count). The number of aromatic nitrogens is 1. The second-order valence-electron chi connectivity index (χ2n) is 4.88. The lowest BCUT2D eigenvalue weighted by atomic mass is 10.1. The van der Waals surface area contributed by atoms with E-state index in [0.29, 0.717) is 32.6 Å². The summed E-state index contributed by atoms with van der Waals surface area (Å²) in [5.41, 5.74) is 1.34. The van der Waals surface area contributed by atoms with Gasteiger partial charge in [0.15, 0.2) is 5.13 Å². The van der Waals surface area contributed by atoms with Crippen molar-refractivity contribution in [2.75, 3.05) is 19.5 Å². The molecule has 0 aliphatic rings. The van der Waals surface area contributed by atoms with Gasteiger partial charge in [-0.3, -0.25) is 10.1 Å². The minimum absolute atomic E-state index is 0.291. The zero-order valence-corrected chi connectivity index (χ0v) is 15.2. The maximum atomic E-state index is 12.5. The van der Waals surface area contributed by atoms with E-state index in [2.05, 4.69) is 40.1 Å². The molecule has 22 heavy (non-hydrogen) atoms. The highest BCUT2D eigenvalue weighted by molar-refractivity contribution is 9.10. The Morgan fingerprint density at radius 3 is 2.59 bits per heavy atom. The van der Waals surface area contributed by atoms with Crippen molar-refractivity contribution in [3.05, 3.63) is 33.2 Å². The molecule has 0 bridgehead atoms. The first-order chi connectivity index (χ1) is 10.5. The van der Waals surface area contributed by atoms with Gasteiger partial charge in [0.2, 0.25) is 0 Å². The number of amides is 1. The lowest BCUT2D eigenvalue weighted by Gasteiger charge is -2.12. The van der Waals surface area contributed by atoms with E-state index in [4.69, 9.17) is 9.47 Å². The van der Waals surface area contributed by atoms with Crippen LogP contribution in [-0.4, -0.2) is 25.1 Å². The number of halogens is 1. The number of anilines is 1. The maximum Gasteiger partial charge on any atom is 0.261 e. The average Bonchev–Trinajstić information content (AvgIpc) is 2.95. The van der Waals surface area contributed by atoms with Crippen molar-refractivity contribution in [3.8, 4) is 11.5 Å². The van der Waals surface area contributed by atoms with Gasteiger partial charge in [-0.25, -0.2) is 4.98 Å². The average molecular weight is 385 g/mol. The highest BCUT2D eigenvalue weighted by atomic mass is 79.9. The Morgan fingerprint density at radius 2 is 2.05 bits per heavy atom. The fraction of sp³-hybridized carbons (Fsp3) is 0.333. The molecule has 1 aromatic carbocycles. The number of nitrogens with one attached hydrogen (secondary N) is 1. The smallest absolute Gasteiger partial charge is 0.261 e. The van der Waals surface area contributed by atoms with E-state index in [1.54, 1.807) is 19.2 Å². The van der Waals surface area contributed by atoms with E-state index in [1.807, 2.05) is 5.38 Å². The predicted octanol–water partition coefficient (Wildman–Crippen LogP) is 4.30. The Hall–Kier alpha value is -1.60. The molecule has 1 aromatic heterocycles. The second-order valence-corrected chi connectivity index (χ2v) is 6.59. The molecule has 0 fully saturated rings. The van der Waals surface area contributed by atoms with Crippen LogP contribution < -0.4 is 14.8 Å². The molecule has 0 aliphatic carbocycles. The van der Waals surface area contributed by atoms with Crippen LogP contribution in [0.15, 0.2) is 22.0 Å².